The fraction of sp³-hybridized carbons (Fsp3) is 0.318. The smallest absolute Gasteiger partial charge is 0.198 e. The minimum atomic E-state index is 0.0788. The molecule has 1 heterocycles. The van der Waals surface area contributed by atoms with Crippen LogP contribution in [-0.4, -0.2) is 0 Å². The van der Waals surface area contributed by atoms with Crippen LogP contribution in [0.1, 0.15) is 39.0 Å². The highest BCUT2D eigenvalue weighted by atomic mass is 14.9. The summed E-state index contributed by atoms with van der Waals surface area (Å²) in [6, 6.07) is 15.7. The number of fused-ring (bicyclic) bond motifs is 1. The van der Waals surface area contributed by atoms with E-state index in [9.17, 15) is 0 Å². The van der Waals surface area contributed by atoms with Crippen LogP contribution in [0.25, 0.3) is 22.0 Å². The summed E-state index contributed by atoms with van der Waals surface area (Å²) in [6.07, 6.45) is 0. The minimum absolute atomic E-state index is 0.0788. The molecule has 0 aliphatic heterocycles. The number of benzene rings is 2. The van der Waals surface area contributed by atoms with Crippen molar-refractivity contribution in [3.63, 3.8) is 0 Å². The lowest BCUT2D eigenvalue weighted by molar-refractivity contribution is -0.665. The first-order valence-corrected chi connectivity index (χ1v) is 8.21. The SMILES string of the molecule is [2H]c1c(C)[n+](C)c(-c2ccccc2C)c2ccc(C(C)(C)C)cc12. The largest absolute Gasteiger partial charge is 0.220 e. The van der Waals surface area contributed by atoms with Crippen LogP contribution in [0, 0.1) is 13.8 Å². The molecule has 0 unspecified atom stereocenters. The van der Waals surface area contributed by atoms with Gasteiger partial charge in [0.05, 0.1) is 6.76 Å². The molecular formula is C22H26N+. The van der Waals surface area contributed by atoms with Crippen LogP contribution in [0.3, 0.4) is 0 Å². The topological polar surface area (TPSA) is 3.88 Å². The van der Waals surface area contributed by atoms with Gasteiger partial charge in [0.15, 0.2) is 5.69 Å². The molecule has 23 heavy (non-hydrogen) atoms. The highest BCUT2D eigenvalue weighted by Gasteiger charge is 2.21. The third kappa shape index (κ3) is 2.76. The average molecular weight is 305 g/mol. The highest BCUT2D eigenvalue weighted by Crippen LogP contribution is 2.32. The Bertz CT molecular complexity index is 933. The molecule has 3 rings (SSSR count). The lowest BCUT2D eigenvalue weighted by atomic mass is 9.85. The molecule has 3 aromatic rings. The molecule has 0 fully saturated rings. The first-order chi connectivity index (χ1) is 11.2. The molecule has 0 N–H and O–H groups in total. The van der Waals surface area contributed by atoms with E-state index >= 15 is 0 Å². The number of rotatable bonds is 1. The zero-order chi connectivity index (χ0) is 17.6. The first kappa shape index (κ1) is 14.4. The van der Waals surface area contributed by atoms with E-state index in [4.69, 9.17) is 1.37 Å². The summed E-state index contributed by atoms with van der Waals surface area (Å²) < 4.78 is 10.8. The molecule has 0 aliphatic rings. The predicted octanol–water partition coefficient (Wildman–Crippen LogP) is 5.25. The monoisotopic (exact) mass is 305 g/mol. The van der Waals surface area contributed by atoms with Gasteiger partial charge in [-0.15, -0.1) is 0 Å². The summed E-state index contributed by atoms with van der Waals surface area (Å²) >= 11 is 0. The number of nitrogens with zero attached hydrogens (tertiary/aromatic N) is 1. The van der Waals surface area contributed by atoms with Crippen molar-refractivity contribution in [3.05, 3.63) is 65.3 Å². The molecule has 1 heteroatoms. The fourth-order valence-electron chi connectivity index (χ4n) is 3.11. The Hall–Kier alpha value is -2.15. The van der Waals surface area contributed by atoms with Gasteiger partial charge in [0, 0.05) is 18.5 Å². The van der Waals surface area contributed by atoms with Gasteiger partial charge in [0.25, 0.3) is 0 Å². The van der Waals surface area contributed by atoms with Crippen LogP contribution < -0.4 is 4.57 Å². The summed E-state index contributed by atoms with van der Waals surface area (Å²) in [4.78, 5) is 0. The molecule has 0 aliphatic carbocycles. The van der Waals surface area contributed by atoms with Gasteiger partial charge in [-0.1, -0.05) is 51.1 Å². The van der Waals surface area contributed by atoms with Crippen molar-refractivity contribution in [1.29, 1.82) is 0 Å². The van der Waals surface area contributed by atoms with Crippen molar-refractivity contribution < 1.29 is 5.94 Å². The molecule has 0 saturated carbocycles. The Balaban J connectivity index is 2.45. The van der Waals surface area contributed by atoms with E-state index in [-0.39, 0.29) is 5.41 Å². The van der Waals surface area contributed by atoms with Crippen LogP contribution in [-0.2, 0) is 12.5 Å². The molecule has 0 amide bonds. The van der Waals surface area contributed by atoms with Crippen molar-refractivity contribution in [3.8, 4) is 11.3 Å². The van der Waals surface area contributed by atoms with Crippen molar-refractivity contribution in [2.24, 2.45) is 7.05 Å². The molecular weight excluding hydrogens is 278 g/mol. The Morgan fingerprint density at radius 3 is 2.35 bits per heavy atom. The molecule has 1 nitrogen and oxygen atoms in total. The summed E-state index contributed by atoms with van der Waals surface area (Å²) in [7, 11) is 2.06. The van der Waals surface area contributed by atoms with E-state index in [0.29, 0.717) is 6.04 Å². The quantitative estimate of drug-likeness (QED) is 0.541. The molecule has 0 atom stereocenters. The summed E-state index contributed by atoms with van der Waals surface area (Å²) in [6.45, 7) is 10.8. The highest BCUT2D eigenvalue weighted by molar-refractivity contribution is 5.94. The average Bonchev–Trinajstić information content (AvgIpc) is 2.53. The van der Waals surface area contributed by atoms with E-state index in [1.807, 2.05) is 6.92 Å². The number of aromatic nitrogens is 1. The first-order valence-electron chi connectivity index (χ1n) is 8.71. The van der Waals surface area contributed by atoms with Crippen LogP contribution in [0.4, 0.5) is 0 Å². The Kier molecular flexibility index (Phi) is 3.45. The lowest BCUT2D eigenvalue weighted by Crippen LogP contribution is -2.35. The molecule has 0 spiro atoms. The number of aryl methyl sites for hydroxylation is 1. The Morgan fingerprint density at radius 1 is 1.00 bits per heavy atom. The van der Waals surface area contributed by atoms with Gasteiger partial charge in [-0.3, -0.25) is 0 Å². The summed E-state index contributed by atoms with van der Waals surface area (Å²) in [5.41, 5.74) is 6.02. The zero-order valence-corrected chi connectivity index (χ0v) is 15.0. The Labute approximate surface area is 141 Å². The van der Waals surface area contributed by atoms with Crippen molar-refractivity contribution in [2.45, 2.75) is 40.0 Å². The van der Waals surface area contributed by atoms with Gasteiger partial charge in [0.1, 0.15) is 7.05 Å². The van der Waals surface area contributed by atoms with Crippen molar-refractivity contribution >= 4 is 10.8 Å². The van der Waals surface area contributed by atoms with Crippen LogP contribution in [0.15, 0.2) is 48.5 Å². The molecule has 0 bridgehead atoms. The number of pyridine rings is 1. The van der Waals surface area contributed by atoms with Crippen molar-refractivity contribution in [1.82, 2.24) is 0 Å². The van der Waals surface area contributed by atoms with Crippen molar-refractivity contribution in [2.75, 3.05) is 0 Å². The van der Waals surface area contributed by atoms with E-state index in [1.54, 1.807) is 0 Å². The van der Waals surface area contributed by atoms with E-state index < -0.39 is 0 Å². The maximum absolute atomic E-state index is 8.62. The second kappa shape index (κ2) is 5.49. The normalized spacial score (nSPS) is 12.5. The number of hydrogen-bond donors (Lipinski definition) is 0. The standard InChI is InChI=1S/C22H26N/c1-15-9-7-8-10-19(15)21-20-12-11-18(22(3,4)5)14-17(20)13-16(2)23(21)6/h7-14H,1-6H3/q+1/i13D. The molecule has 2 aromatic carbocycles. The van der Waals surface area contributed by atoms with E-state index in [2.05, 4.69) is 81.8 Å². The second-order valence-electron chi connectivity index (χ2n) is 7.44. The van der Waals surface area contributed by atoms with Gasteiger partial charge in [-0.05, 0) is 41.0 Å². The maximum atomic E-state index is 8.62. The fourth-order valence-corrected chi connectivity index (χ4v) is 3.11. The van der Waals surface area contributed by atoms with E-state index in [0.717, 1.165) is 16.5 Å². The predicted molar refractivity (Wildman–Crippen MR) is 98.7 cm³/mol. The van der Waals surface area contributed by atoms with E-state index in [1.165, 1.54) is 22.4 Å². The van der Waals surface area contributed by atoms with Gasteiger partial charge >= 0.3 is 0 Å². The molecule has 0 radical (unpaired) electrons. The second-order valence-corrected chi connectivity index (χ2v) is 7.44. The molecule has 1 aromatic heterocycles. The summed E-state index contributed by atoms with van der Waals surface area (Å²) in [5, 5.41) is 2.19. The van der Waals surface area contributed by atoms with Crippen LogP contribution in [0.2, 0.25) is 0 Å². The third-order valence-corrected chi connectivity index (χ3v) is 4.69. The molecule has 0 saturated heterocycles. The van der Waals surface area contributed by atoms with Gasteiger partial charge in [-0.25, -0.2) is 0 Å². The van der Waals surface area contributed by atoms with Crippen LogP contribution >= 0.6 is 0 Å². The minimum Gasteiger partial charge on any atom is -0.198 e. The van der Waals surface area contributed by atoms with Gasteiger partial charge < -0.3 is 0 Å². The Morgan fingerprint density at radius 2 is 1.70 bits per heavy atom. The summed E-state index contributed by atoms with van der Waals surface area (Å²) in [5.74, 6) is 0. The molecule has 118 valence electrons. The number of hydrogen-bond acceptors (Lipinski definition) is 0. The van der Waals surface area contributed by atoms with Crippen LogP contribution in [0.5, 0.6) is 0 Å². The third-order valence-electron chi connectivity index (χ3n) is 4.69. The maximum Gasteiger partial charge on any atom is 0.220 e. The lowest BCUT2D eigenvalue weighted by Gasteiger charge is -2.20. The van der Waals surface area contributed by atoms with Gasteiger partial charge in [-0.2, -0.15) is 4.57 Å². The zero-order valence-electron chi connectivity index (χ0n) is 16.0. The van der Waals surface area contributed by atoms with Gasteiger partial charge in [0.2, 0.25) is 5.69 Å².